The molecule has 1 aromatic heterocycles. The van der Waals surface area contributed by atoms with Crippen LogP contribution in [0.4, 0.5) is 10.5 Å². The normalized spacial score (nSPS) is 15.1. The highest BCUT2D eigenvalue weighted by molar-refractivity contribution is 6.30. The van der Waals surface area contributed by atoms with E-state index in [1.54, 1.807) is 0 Å². The standard InChI is InChI=1S/C25H20ClN3O/c26-20-10-6-9-18(16-20)24-23-14-7-15-28(23)22-13-5-4-8-19(22)17-29(24)25(30)27-21-11-2-1-3-12-21/h1-16,24H,17H2,(H,27,30). The Morgan fingerprint density at radius 1 is 0.900 bits per heavy atom. The van der Waals surface area contributed by atoms with Gasteiger partial charge in [-0.1, -0.05) is 60.1 Å². The van der Waals surface area contributed by atoms with Crippen LogP contribution in [0.15, 0.2) is 97.2 Å². The van der Waals surface area contributed by atoms with E-state index < -0.39 is 0 Å². The SMILES string of the molecule is O=C(Nc1ccccc1)N1Cc2ccccc2-n2cccc2C1c1cccc(Cl)c1. The number of hydrogen-bond acceptors (Lipinski definition) is 1. The van der Waals surface area contributed by atoms with Gasteiger partial charge in [0.2, 0.25) is 0 Å². The zero-order valence-corrected chi connectivity index (χ0v) is 17.0. The third-order valence-electron chi connectivity index (χ3n) is 5.41. The molecule has 3 aromatic carbocycles. The van der Waals surface area contributed by atoms with E-state index in [0.717, 1.165) is 28.2 Å². The Morgan fingerprint density at radius 3 is 2.53 bits per heavy atom. The summed E-state index contributed by atoms with van der Waals surface area (Å²) < 4.78 is 2.16. The maximum Gasteiger partial charge on any atom is 0.322 e. The average molecular weight is 414 g/mol. The van der Waals surface area contributed by atoms with E-state index in [2.05, 4.69) is 28.1 Å². The Bertz CT molecular complexity index is 1200. The smallest absolute Gasteiger partial charge is 0.318 e. The van der Waals surface area contributed by atoms with Gasteiger partial charge in [-0.3, -0.25) is 0 Å². The first kappa shape index (κ1) is 18.5. The van der Waals surface area contributed by atoms with E-state index in [4.69, 9.17) is 11.6 Å². The molecule has 1 N–H and O–H groups in total. The molecular weight excluding hydrogens is 394 g/mol. The van der Waals surface area contributed by atoms with Crippen molar-refractivity contribution >= 4 is 23.3 Å². The Labute approximate surface area is 180 Å². The van der Waals surface area contributed by atoms with E-state index in [9.17, 15) is 4.79 Å². The summed E-state index contributed by atoms with van der Waals surface area (Å²) in [5.74, 6) is 0. The molecule has 5 heteroatoms. The van der Waals surface area contributed by atoms with Gasteiger partial charge in [0.25, 0.3) is 0 Å². The highest BCUT2D eigenvalue weighted by atomic mass is 35.5. The molecule has 1 aliphatic heterocycles. The number of benzene rings is 3. The molecule has 0 spiro atoms. The molecule has 1 unspecified atom stereocenters. The van der Waals surface area contributed by atoms with Crippen LogP contribution in [0.5, 0.6) is 0 Å². The lowest BCUT2D eigenvalue weighted by Crippen LogP contribution is -2.37. The van der Waals surface area contributed by atoms with Crippen LogP contribution in [0.3, 0.4) is 0 Å². The average Bonchev–Trinajstić information content (AvgIpc) is 3.18. The van der Waals surface area contributed by atoms with Crippen molar-refractivity contribution in [1.82, 2.24) is 9.47 Å². The lowest BCUT2D eigenvalue weighted by molar-refractivity contribution is 0.194. The van der Waals surface area contributed by atoms with Crippen molar-refractivity contribution in [3.8, 4) is 5.69 Å². The highest BCUT2D eigenvalue weighted by Gasteiger charge is 2.33. The molecule has 0 saturated heterocycles. The van der Waals surface area contributed by atoms with Crippen molar-refractivity contribution in [3.63, 3.8) is 0 Å². The molecule has 0 bridgehead atoms. The number of fused-ring (bicyclic) bond motifs is 3. The fraction of sp³-hybridized carbons (Fsp3) is 0.0800. The maximum absolute atomic E-state index is 13.5. The minimum Gasteiger partial charge on any atom is -0.318 e. The number of hydrogen-bond donors (Lipinski definition) is 1. The summed E-state index contributed by atoms with van der Waals surface area (Å²) in [5, 5.41) is 3.70. The Morgan fingerprint density at radius 2 is 1.70 bits per heavy atom. The summed E-state index contributed by atoms with van der Waals surface area (Å²) in [5.41, 5.74) is 4.92. The fourth-order valence-electron chi connectivity index (χ4n) is 4.08. The summed E-state index contributed by atoms with van der Waals surface area (Å²) in [4.78, 5) is 15.4. The molecule has 0 radical (unpaired) electrons. The Balaban J connectivity index is 1.65. The quantitative estimate of drug-likeness (QED) is 0.413. The van der Waals surface area contributed by atoms with Gasteiger partial charge in [0.1, 0.15) is 0 Å². The van der Waals surface area contributed by atoms with E-state index >= 15 is 0 Å². The van der Waals surface area contributed by atoms with Crippen LogP contribution in [-0.4, -0.2) is 15.5 Å². The molecule has 4 nitrogen and oxygen atoms in total. The van der Waals surface area contributed by atoms with Crippen molar-refractivity contribution in [3.05, 3.63) is 119 Å². The van der Waals surface area contributed by atoms with Gasteiger partial charge < -0.3 is 14.8 Å². The van der Waals surface area contributed by atoms with Crippen LogP contribution in [0.2, 0.25) is 5.02 Å². The predicted octanol–water partition coefficient (Wildman–Crippen LogP) is 6.27. The van der Waals surface area contributed by atoms with Crippen LogP contribution in [0.1, 0.15) is 22.9 Å². The number of carbonyl (C=O) groups excluding carboxylic acids is 1. The van der Waals surface area contributed by atoms with Crippen molar-refractivity contribution < 1.29 is 4.79 Å². The number of nitrogens with zero attached hydrogens (tertiary/aromatic N) is 2. The van der Waals surface area contributed by atoms with Gasteiger partial charge in [-0.05, 0) is 53.6 Å². The lowest BCUT2D eigenvalue weighted by Gasteiger charge is -2.31. The number of halogens is 1. The topological polar surface area (TPSA) is 37.3 Å². The molecule has 148 valence electrons. The predicted molar refractivity (Wildman–Crippen MR) is 120 cm³/mol. The van der Waals surface area contributed by atoms with Crippen LogP contribution in [0, 0.1) is 0 Å². The number of para-hydroxylation sites is 2. The van der Waals surface area contributed by atoms with Crippen molar-refractivity contribution in [2.75, 3.05) is 5.32 Å². The summed E-state index contributed by atoms with van der Waals surface area (Å²) in [7, 11) is 0. The summed E-state index contributed by atoms with van der Waals surface area (Å²) >= 11 is 6.33. The second kappa shape index (κ2) is 7.73. The minimum absolute atomic E-state index is 0.157. The van der Waals surface area contributed by atoms with Gasteiger partial charge in [-0.25, -0.2) is 4.79 Å². The molecule has 2 amide bonds. The van der Waals surface area contributed by atoms with Crippen LogP contribution in [0.25, 0.3) is 5.69 Å². The van der Waals surface area contributed by atoms with E-state index in [0.29, 0.717) is 11.6 Å². The zero-order valence-electron chi connectivity index (χ0n) is 16.2. The van der Waals surface area contributed by atoms with Gasteiger partial charge in [0.05, 0.1) is 18.3 Å². The van der Waals surface area contributed by atoms with E-state index in [1.807, 2.05) is 83.9 Å². The summed E-state index contributed by atoms with van der Waals surface area (Å²) in [6.45, 7) is 0.480. The third kappa shape index (κ3) is 3.36. The number of nitrogens with one attached hydrogen (secondary N) is 1. The Kier molecular flexibility index (Phi) is 4.77. The van der Waals surface area contributed by atoms with Gasteiger partial charge in [-0.2, -0.15) is 0 Å². The first-order valence-electron chi connectivity index (χ1n) is 9.84. The second-order valence-electron chi connectivity index (χ2n) is 7.31. The summed E-state index contributed by atoms with van der Waals surface area (Å²) in [6.07, 6.45) is 2.05. The minimum atomic E-state index is -0.283. The number of anilines is 1. The molecule has 0 aliphatic carbocycles. The molecule has 1 atom stereocenters. The first-order chi connectivity index (χ1) is 14.7. The molecule has 0 fully saturated rings. The van der Waals surface area contributed by atoms with Crippen molar-refractivity contribution in [2.45, 2.75) is 12.6 Å². The molecule has 2 heterocycles. The van der Waals surface area contributed by atoms with Crippen molar-refractivity contribution in [2.24, 2.45) is 0 Å². The van der Waals surface area contributed by atoms with Gasteiger partial charge in [-0.15, -0.1) is 0 Å². The molecule has 4 aromatic rings. The van der Waals surface area contributed by atoms with E-state index in [-0.39, 0.29) is 12.1 Å². The largest absolute Gasteiger partial charge is 0.322 e. The second-order valence-corrected chi connectivity index (χ2v) is 7.75. The Hall–Kier alpha value is -3.50. The van der Waals surface area contributed by atoms with Gasteiger partial charge >= 0.3 is 6.03 Å². The molecule has 30 heavy (non-hydrogen) atoms. The number of carbonyl (C=O) groups is 1. The monoisotopic (exact) mass is 413 g/mol. The molecular formula is C25H20ClN3O. The number of aromatic nitrogens is 1. The highest BCUT2D eigenvalue weighted by Crippen LogP contribution is 2.37. The molecule has 1 aliphatic rings. The molecule has 5 rings (SSSR count). The first-order valence-corrected chi connectivity index (χ1v) is 10.2. The number of amides is 2. The maximum atomic E-state index is 13.5. The zero-order chi connectivity index (χ0) is 20.5. The summed E-state index contributed by atoms with van der Waals surface area (Å²) in [6, 6.07) is 29.1. The van der Waals surface area contributed by atoms with Crippen LogP contribution in [-0.2, 0) is 6.54 Å². The van der Waals surface area contributed by atoms with Crippen LogP contribution < -0.4 is 5.32 Å². The third-order valence-corrected chi connectivity index (χ3v) is 5.65. The molecule has 0 saturated carbocycles. The fourth-order valence-corrected chi connectivity index (χ4v) is 4.28. The van der Waals surface area contributed by atoms with Crippen LogP contribution >= 0.6 is 11.6 Å². The van der Waals surface area contributed by atoms with E-state index in [1.165, 1.54) is 0 Å². The van der Waals surface area contributed by atoms with Gasteiger partial charge in [0, 0.05) is 22.6 Å². The number of urea groups is 1. The van der Waals surface area contributed by atoms with Gasteiger partial charge in [0.15, 0.2) is 0 Å². The lowest BCUT2D eigenvalue weighted by atomic mass is 10.0. The number of rotatable bonds is 2. The van der Waals surface area contributed by atoms with Crippen molar-refractivity contribution in [1.29, 1.82) is 0 Å².